The first kappa shape index (κ1) is 23.4. The van der Waals surface area contributed by atoms with E-state index >= 15 is 0 Å². The van der Waals surface area contributed by atoms with Gasteiger partial charge in [0, 0.05) is 18.3 Å². The summed E-state index contributed by atoms with van der Waals surface area (Å²) in [5, 5.41) is 12.2. The molecule has 0 aliphatic carbocycles. The van der Waals surface area contributed by atoms with E-state index in [4.69, 9.17) is 9.47 Å². The molecule has 0 aliphatic heterocycles. The molecule has 1 unspecified atom stereocenters. The Labute approximate surface area is 192 Å². The molecule has 0 bridgehead atoms. The first-order valence-corrected chi connectivity index (χ1v) is 11.2. The molecule has 1 amide bonds. The Morgan fingerprint density at radius 3 is 2.72 bits per heavy atom. The smallest absolute Gasteiger partial charge is 0.234 e. The van der Waals surface area contributed by atoms with Crippen LogP contribution in [0.4, 0.5) is 5.69 Å². The maximum absolute atomic E-state index is 12.5. The standard InChI is InChI=1S/C24H28N4O3S/c1-6-12-28-23(18(4)31-20-9-7-8-19(14-20)30-5)26-27-24(28)32-15-22(29)25-21-11-10-16(2)13-17(21)3/h6-11,13-14,18H,1,12,15H2,2-5H3,(H,25,29). The zero-order chi connectivity index (χ0) is 23.1. The minimum Gasteiger partial charge on any atom is -0.497 e. The highest BCUT2D eigenvalue weighted by molar-refractivity contribution is 7.99. The summed E-state index contributed by atoms with van der Waals surface area (Å²) in [4.78, 5) is 12.5. The number of methoxy groups -OCH3 is 1. The third kappa shape index (κ3) is 5.91. The summed E-state index contributed by atoms with van der Waals surface area (Å²) in [6.07, 6.45) is 1.42. The summed E-state index contributed by atoms with van der Waals surface area (Å²) in [5.74, 6) is 2.16. The average molecular weight is 453 g/mol. The van der Waals surface area contributed by atoms with Crippen molar-refractivity contribution in [2.24, 2.45) is 0 Å². The molecule has 0 fully saturated rings. The summed E-state index contributed by atoms with van der Waals surface area (Å²) >= 11 is 1.33. The van der Waals surface area contributed by atoms with Gasteiger partial charge in [-0.2, -0.15) is 0 Å². The fourth-order valence-corrected chi connectivity index (χ4v) is 3.96. The molecule has 32 heavy (non-hydrogen) atoms. The Bertz CT molecular complexity index is 1100. The summed E-state index contributed by atoms with van der Waals surface area (Å²) < 4.78 is 13.2. The molecule has 2 aromatic carbocycles. The van der Waals surface area contributed by atoms with E-state index in [2.05, 4.69) is 22.1 Å². The van der Waals surface area contributed by atoms with Crippen molar-refractivity contribution >= 4 is 23.4 Å². The molecule has 3 aromatic rings. The van der Waals surface area contributed by atoms with Gasteiger partial charge in [0.05, 0.1) is 12.9 Å². The van der Waals surface area contributed by atoms with Crippen molar-refractivity contribution in [2.45, 2.75) is 38.6 Å². The number of aromatic nitrogens is 3. The molecule has 1 aromatic heterocycles. The van der Waals surface area contributed by atoms with Gasteiger partial charge < -0.3 is 14.8 Å². The van der Waals surface area contributed by atoms with Crippen molar-refractivity contribution in [1.29, 1.82) is 0 Å². The second kappa shape index (κ2) is 10.9. The molecule has 3 rings (SSSR count). The maximum atomic E-state index is 12.5. The van der Waals surface area contributed by atoms with Crippen LogP contribution in [0.25, 0.3) is 0 Å². The number of carbonyl (C=O) groups is 1. The van der Waals surface area contributed by atoms with Crippen molar-refractivity contribution in [1.82, 2.24) is 14.8 Å². The van der Waals surface area contributed by atoms with Gasteiger partial charge in [-0.05, 0) is 44.5 Å². The predicted molar refractivity (Wildman–Crippen MR) is 128 cm³/mol. The Hall–Kier alpha value is -3.26. The number of benzene rings is 2. The van der Waals surface area contributed by atoms with Crippen molar-refractivity contribution in [3.05, 3.63) is 72.1 Å². The number of ether oxygens (including phenoxy) is 2. The number of rotatable bonds is 10. The van der Waals surface area contributed by atoms with Crippen LogP contribution in [0.2, 0.25) is 0 Å². The van der Waals surface area contributed by atoms with Gasteiger partial charge in [0.2, 0.25) is 5.91 Å². The van der Waals surface area contributed by atoms with Crippen LogP contribution >= 0.6 is 11.8 Å². The third-order valence-corrected chi connectivity index (χ3v) is 5.73. The number of nitrogens with zero attached hydrogens (tertiary/aromatic N) is 3. The topological polar surface area (TPSA) is 78.3 Å². The van der Waals surface area contributed by atoms with Crippen molar-refractivity contribution in [3.8, 4) is 11.5 Å². The molecule has 168 valence electrons. The van der Waals surface area contributed by atoms with Crippen molar-refractivity contribution in [3.63, 3.8) is 0 Å². The fourth-order valence-electron chi connectivity index (χ4n) is 3.21. The first-order valence-electron chi connectivity index (χ1n) is 10.3. The molecule has 0 aliphatic rings. The lowest BCUT2D eigenvalue weighted by Crippen LogP contribution is -2.16. The minimum absolute atomic E-state index is 0.0997. The van der Waals surface area contributed by atoms with Crippen LogP contribution in [0.3, 0.4) is 0 Å². The molecule has 1 atom stereocenters. The van der Waals surface area contributed by atoms with Crippen molar-refractivity contribution < 1.29 is 14.3 Å². The molecule has 0 spiro atoms. The number of allylic oxidation sites excluding steroid dienone is 1. The lowest BCUT2D eigenvalue weighted by molar-refractivity contribution is -0.113. The monoisotopic (exact) mass is 452 g/mol. The first-order chi connectivity index (χ1) is 15.4. The molecular formula is C24H28N4O3S. The van der Waals surface area contributed by atoms with E-state index in [1.54, 1.807) is 13.2 Å². The third-order valence-electron chi connectivity index (χ3n) is 4.76. The van der Waals surface area contributed by atoms with Crippen LogP contribution < -0.4 is 14.8 Å². The molecule has 0 saturated carbocycles. The maximum Gasteiger partial charge on any atom is 0.234 e. The summed E-state index contributed by atoms with van der Waals surface area (Å²) in [5.41, 5.74) is 3.00. The Kier molecular flexibility index (Phi) is 7.94. The van der Waals surface area contributed by atoms with Crippen LogP contribution in [0.1, 0.15) is 30.0 Å². The van der Waals surface area contributed by atoms with Crippen LogP contribution in [0, 0.1) is 13.8 Å². The zero-order valence-corrected chi connectivity index (χ0v) is 19.6. The molecule has 0 radical (unpaired) electrons. The molecular weight excluding hydrogens is 424 g/mol. The van der Waals surface area contributed by atoms with E-state index < -0.39 is 0 Å². The van der Waals surface area contributed by atoms with E-state index in [1.165, 1.54) is 11.8 Å². The van der Waals surface area contributed by atoms with Gasteiger partial charge in [-0.15, -0.1) is 16.8 Å². The number of anilines is 1. The number of aryl methyl sites for hydroxylation is 2. The Balaban J connectivity index is 1.68. The van der Waals surface area contributed by atoms with Crippen LogP contribution in [0.5, 0.6) is 11.5 Å². The fraction of sp³-hybridized carbons (Fsp3) is 0.292. The number of hydrogen-bond acceptors (Lipinski definition) is 6. The highest BCUT2D eigenvalue weighted by Gasteiger charge is 2.20. The molecule has 0 saturated heterocycles. The van der Waals surface area contributed by atoms with E-state index in [9.17, 15) is 4.79 Å². The quantitative estimate of drug-likeness (QED) is 0.346. The number of hydrogen-bond donors (Lipinski definition) is 1. The van der Waals surface area contributed by atoms with Crippen molar-refractivity contribution in [2.75, 3.05) is 18.2 Å². The summed E-state index contributed by atoms with van der Waals surface area (Å²) in [6, 6.07) is 13.3. The highest BCUT2D eigenvalue weighted by Crippen LogP contribution is 2.27. The zero-order valence-electron chi connectivity index (χ0n) is 18.8. The van der Waals surface area contributed by atoms with Crippen LogP contribution in [0.15, 0.2) is 60.3 Å². The number of amides is 1. The number of carbonyl (C=O) groups excluding carboxylic acids is 1. The van der Waals surface area contributed by atoms with Gasteiger partial charge in [0.15, 0.2) is 17.1 Å². The summed E-state index contributed by atoms with van der Waals surface area (Å²) in [6.45, 7) is 10.2. The normalized spacial score (nSPS) is 11.6. The average Bonchev–Trinajstić information content (AvgIpc) is 3.17. The second-order valence-corrected chi connectivity index (χ2v) is 8.28. The lowest BCUT2D eigenvalue weighted by Gasteiger charge is -2.16. The van der Waals surface area contributed by atoms with Crippen LogP contribution in [-0.4, -0.2) is 33.5 Å². The van der Waals surface area contributed by atoms with Gasteiger partial charge in [0.1, 0.15) is 11.5 Å². The molecule has 7 nitrogen and oxygen atoms in total. The Morgan fingerprint density at radius 1 is 1.22 bits per heavy atom. The van der Waals surface area contributed by atoms with Crippen LogP contribution in [-0.2, 0) is 11.3 Å². The van der Waals surface area contributed by atoms with Gasteiger partial charge >= 0.3 is 0 Å². The largest absolute Gasteiger partial charge is 0.497 e. The molecule has 1 N–H and O–H groups in total. The minimum atomic E-state index is -0.354. The van der Waals surface area contributed by atoms with E-state index in [0.29, 0.717) is 29.0 Å². The second-order valence-electron chi connectivity index (χ2n) is 7.33. The van der Waals surface area contributed by atoms with E-state index in [1.807, 2.05) is 67.8 Å². The van der Waals surface area contributed by atoms with Gasteiger partial charge in [-0.3, -0.25) is 9.36 Å². The predicted octanol–water partition coefficient (Wildman–Crippen LogP) is 4.96. The van der Waals surface area contributed by atoms with Gasteiger partial charge in [0.25, 0.3) is 0 Å². The Morgan fingerprint density at radius 2 is 2.00 bits per heavy atom. The highest BCUT2D eigenvalue weighted by atomic mass is 32.2. The molecule has 8 heteroatoms. The number of nitrogens with one attached hydrogen (secondary N) is 1. The number of thioether (sulfide) groups is 1. The van der Waals surface area contributed by atoms with E-state index in [0.717, 1.165) is 16.8 Å². The summed E-state index contributed by atoms with van der Waals surface area (Å²) in [7, 11) is 1.61. The van der Waals surface area contributed by atoms with E-state index in [-0.39, 0.29) is 17.8 Å². The molecule has 1 heterocycles. The SMILES string of the molecule is C=CCn1c(SCC(=O)Nc2ccc(C)cc2C)nnc1C(C)Oc1cccc(OC)c1. The van der Waals surface area contributed by atoms with Gasteiger partial charge in [-0.25, -0.2) is 0 Å². The lowest BCUT2D eigenvalue weighted by atomic mass is 10.1. The van der Waals surface area contributed by atoms with Gasteiger partial charge in [-0.1, -0.05) is 41.6 Å².